The lowest BCUT2D eigenvalue weighted by atomic mass is 10.1. The SMILES string of the molecule is CC(C)=CCN[C@H](C)c1ccc(C)cc1. The molecule has 1 aromatic carbocycles. The van der Waals surface area contributed by atoms with Gasteiger partial charge in [0, 0.05) is 12.6 Å². The van der Waals surface area contributed by atoms with E-state index in [0.29, 0.717) is 6.04 Å². The van der Waals surface area contributed by atoms with Crippen molar-refractivity contribution in [1.82, 2.24) is 5.32 Å². The van der Waals surface area contributed by atoms with E-state index in [2.05, 4.69) is 63.4 Å². The van der Waals surface area contributed by atoms with Crippen molar-refractivity contribution in [3.8, 4) is 0 Å². The molecule has 0 aliphatic rings. The fraction of sp³-hybridized carbons (Fsp3) is 0.429. The Labute approximate surface area is 93.2 Å². The van der Waals surface area contributed by atoms with Gasteiger partial charge >= 0.3 is 0 Å². The molecule has 0 amide bonds. The van der Waals surface area contributed by atoms with Crippen molar-refractivity contribution in [3.05, 3.63) is 47.0 Å². The molecule has 1 aromatic rings. The summed E-state index contributed by atoms with van der Waals surface area (Å²) in [6.45, 7) is 9.50. The third kappa shape index (κ3) is 4.30. The van der Waals surface area contributed by atoms with Crippen LogP contribution in [-0.2, 0) is 0 Å². The maximum absolute atomic E-state index is 3.47. The molecule has 15 heavy (non-hydrogen) atoms. The molecule has 0 radical (unpaired) electrons. The van der Waals surface area contributed by atoms with Crippen LogP contribution in [0.3, 0.4) is 0 Å². The van der Waals surface area contributed by atoms with Crippen LogP contribution in [-0.4, -0.2) is 6.54 Å². The highest BCUT2D eigenvalue weighted by atomic mass is 14.9. The normalized spacial score (nSPS) is 12.3. The number of aryl methyl sites for hydroxylation is 1. The van der Waals surface area contributed by atoms with Gasteiger partial charge in [-0.25, -0.2) is 0 Å². The summed E-state index contributed by atoms with van der Waals surface area (Å²) in [5.74, 6) is 0. The zero-order valence-electron chi connectivity index (χ0n) is 10.2. The predicted molar refractivity (Wildman–Crippen MR) is 67.0 cm³/mol. The van der Waals surface area contributed by atoms with Gasteiger partial charge in [-0.15, -0.1) is 0 Å². The molecule has 0 unspecified atom stereocenters. The predicted octanol–water partition coefficient (Wildman–Crippen LogP) is 3.61. The standard InChI is InChI=1S/C14H21N/c1-11(2)9-10-15-13(4)14-7-5-12(3)6-8-14/h5-9,13,15H,10H2,1-4H3/t13-/m1/s1. The first-order valence-electron chi connectivity index (χ1n) is 5.53. The molecule has 1 heteroatoms. The van der Waals surface area contributed by atoms with Crippen LogP contribution < -0.4 is 5.32 Å². The average Bonchev–Trinajstić information content (AvgIpc) is 2.18. The molecular formula is C14H21N. The van der Waals surface area contributed by atoms with Crippen LogP contribution in [0, 0.1) is 6.92 Å². The van der Waals surface area contributed by atoms with Crippen molar-refractivity contribution in [2.45, 2.75) is 33.7 Å². The summed E-state index contributed by atoms with van der Waals surface area (Å²) in [4.78, 5) is 0. The fourth-order valence-corrected chi connectivity index (χ4v) is 1.41. The van der Waals surface area contributed by atoms with Gasteiger partial charge < -0.3 is 5.32 Å². The minimum Gasteiger partial charge on any atom is -0.307 e. The van der Waals surface area contributed by atoms with E-state index in [1.165, 1.54) is 16.7 Å². The van der Waals surface area contributed by atoms with Crippen molar-refractivity contribution < 1.29 is 0 Å². The Morgan fingerprint density at radius 2 is 1.87 bits per heavy atom. The molecule has 0 spiro atoms. The Morgan fingerprint density at radius 3 is 2.40 bits per heavy atom. The van der Waals surface area contributed by atoms with E-state index in [-0.39, 0.29) is 0 Å². The molecule has 0 saturated carbocycles. The lowest BCUT2D eigenvalue weighted by Crippen LogP contribution is -2.18. The van der Waals surface area contributed by atoms with Crippen molar-refractivity contribution in [2.24, 2.45) is 0 Å². The lowest BCUT2D eigenvalue weighted by Gasteiger charge is -2.13. The van der Waals surface area contributed by atoms with Gasteiger partial charge in [-0.1, -0.05) is 41.5 Å². The van der Waals surface area contributed by atoms with E-state index < -0.39 is 0 Å². The maximum Gasteiger partial charge on any atom is 0.0294 e. The highest BCUT2D eigenvalue weighted by molar-refractivity contribution is 5.23. The molecular weight excluding hydrogens is 182 g/mol. The van der Waals surface area contributed by atoms with E-state index in [0.717, 1.165) is 6.54 Å². The molecule has 0 saturated heterocycles. The monoisotopic (exact) mass is 203 g/mol. The lowest BCUT2D eigenvalue weighted by molar-refractivity contribution is 0.616. The molecule has 1 nitrogen and oxygen atoms in total. The molecule has 0 aliphatic carbocycles. The molecule has 0 heterocycles. The van der Waals surface area contributed by atoms with Crippen molar-refractivity contribution in [2.75, 3.05) is 6.54 Å². The summed E-state index contributed by atoms with van der Waals surface area (Å²) in [6, 6.07) is 9.12. The van der Waals surface area contributed by atoms with Gasteiger partial charge in [0.15, 0.2) is 0 Å². The van der Waals surface area contributed by atoms with Gasteiger partial charge in [0.25, 0.3) is 0 Å². The topological polar surface area (TPSA) is 12.0 Å². The Bertz CT molecular complexity index is 318. The molecule has 0 aliphatic heterocycles. The zero-order chi connectivity index (χ0) is 11.3. The number of rotatable bonds is 4. The van der Waals surface area contributed by atoms with E-state index in [4.69, 9.17) is 0 Å². The summed E-state index contributed by atoms with van der Waals surface area (Å²) in [5.41, 5.74) is 4.02. The second kappa shape index (κ2) is 5.72. The van der Waals surface area contributed by atoms with Gasteiger partial charge in [-0.05, 0) is 33.3 Å². The molecule has 1 rings (SSSR count). The first kappa shape index (κ1) is 12.0. The van der Waals surface area contributed by atoms with Crippen LogP contribution in [0.15, 0.2) is 35.9 Å². The van der Waals surface area contributed by atoms with Crippen molar-refractivity contribution >= 4 is 0 Å². The highest BCUT2D eigenvalue weighted by Gasteiger charge is 2.02. The third-order valence-corrected chi connectivity index (χ3v) is 2.51. The quantitative estimate of drug-likeness (QED) is 0.737. The molecule has 0 fully saturated rings. The smallest absolute Gasteiger partial charge is 0.0294 e. The molecule has 0 bridgehead atoms. The van der Waals surface area contributed by atoms with Crippen LogP contribution in [0.5, 0.6) is 0 Å². The highest BCUT2D eigenvalue weighted by Crippen LogP contribution is 2.12. The average molecular weight is 203 g/mol. The Balaban J connectivity index is 2.50. The zero-order valence-corrected chi connectivity index (χ0v) is 10.2. The van der Waals surface area contributed by atoms with Crippen LogP contribution in [0.25, 0.3) is 0 Å². The van der Waals surface area contributed by atoms with Crippen LogP contribution in [0.4, 0.5) is 0 Å². The minimum absolute atomic E-state index is 0.418. The van der Waals surface area contributed by atoms with Crippen molar-refractivity contribution in [3.63, 3.8) is 0 Å². The second-order valence-electron chi connectivity index (χ2n) is 4.32. The van der Waals surface area contributed by atoms with Crippen LogP contribution >= 0.6 is 0 Å². The number of benzene rings is 1. The summed E-state index contributed by atoms with van der Waals surface area (Å²) in [7, 11) is 0. The molecule has 0 aromatic heterocycles. The van der Waals surface area contributed by atoms with E-state index in [1.807, 2.05) is 0 Å². The number of hydrogen-bond acceptors (Lipinski definition) is 1. The summed E-state index contributed by atoms with van der Waals surface area (Å²) in [6.07, 6.45) is 2.21. The van der Waals surface area contributed by atoms with Crippen LogP contribution in [0.1, 0.15) is 37.9 Å². The van der Waals surface area contributed by atoms with Gasteiger partial charge in [0.1, 0.15) is 0 Å². The molecule has 82 valence electrons. The van der Waals surface area contributed by atoms with Crippen LogP contribution in [0.2, 0.25) is 0 Å². The van der Waals surface area contributed by atoms with Gasteiger partial charge in [0.2, 0.25) is 0 Å². The molecule has 1 N–H and O–H groups in total. The minimum atomic E-state index is 0.418. The van der Waals surface area contributed by atoms with E-state index >= 15 is 0 Å². The molecule has 1 atom stereocenters. The van der Waals surface area contributed by atoms with Gasteiger partial charge in [-0.3, -0.25) is 0 Å². The summed E-state index contributed by atoms with van der Waals surface area (Å²) in [5, 5.41) is 3.47. The maximum atomic E-state index is 3.47. The largest absolute Gasteiger partial charge is 0.307 e. The van der Waals surface area contributed by atoms with Gasteiger partial charge in [0.05, 0.1) is 0 Å². The number of hydrogen-bond donors (Lipinski definition) is 1. The first-order chi connectivity index (χ1) is 7.09. The second-order valence-corrected chi connectivity index (χ2v) is 4.32. The van der Waals surface area contributed by atoms with E-state index in [1.54, 1.807) is 0 Å². The Morgan fingerprint density at radius 1 is 1.27 bits per heavy atom. The number of allylic oxidation sites excluding steroid dienone is 1. The Hall–Kier alpha value is -1.08. The fourth-order valence-electron chi connectivity index (χ4n) is 1.41. The third-order valence-electron chi connectivity index (χ3n) is 2.51. The summed E-state index contributed by atoms with van der Waals surface area (Å²) < 4.78 is 0. The van der Waals surface area contributed by atoms with E-state index in [9.17, 15) is 0 Å². The van der Waals surface area contributed by atoms with Gasteiger partial charge in [-0.2, -0.15) is 0 Å². The first-order valence-corrected chi connectivity index (χ1v) is 5.53. The Kier molecular flexibility index (Phi) is 4.57. The summed E-state index contributed by atoms with van der Waals surface area (Å²) >= 11 is 0. The number of nitrogens with one attached hydrogen (secondary N) is 1. The van der Waals surface area contributed by atoms with Crippen molar-refractivity contribution in [1.29, 1.82) is 0 Å².